The van der Waals surface area contributed by atoms with Crippen LogP contribution in [0.4, 0.5) is 20.9 Å². The Morgan fingerprint density at radius 2 is 1.84 bits per heavy atom. The SMILES string of the molecule is O=C(CSc1nnc(Nc2cccc(F)c2)s1)Nc1cccc(S(=O)(=O)N2CCCC2)c1. The van der Waals surface area contributed by atoms with Gasteiger partial charge in [-0.1, -0.05) is 35.2 Å². The van der Waals surface area contributed by atoms with Crippen LogP contribution in [0.2, 0.25) is 0 Å². The summed E-state index contributed by atoms with van der Waals surface area (Å²) in [6.45, 7) is 1.04. The molecule has 0 radical (unpaired) electrons. The Kier molecular flexibility index (Phi) is 7.04. The highest BCUT2D eigenvalue weighted by molar-refractivity contribution is 8.01. The Hall–Kier alpha value is -2.54. The van der Waals surface area contributed by atoms with E-state index in [1.54, 1.807) is 24.3 Å². The van der Waals surface area contributed by atoms with Gasteiger partial charge < -0.3 is 10.6 Å². The molecular formula is C20H20FN5O3S3. The Balaban J connectivity index is 1.32. The van der Waals surface area contributed by atoms with Crippen LogP contribution in [0.5, 0.6) is 0 Å². The average molecular weight is 494 g/mol. The van der Waals surface area contributed by atoms with Crippen LogP contribution in [-0.2, 0) is 14.8 Å². The smallest absolute Gasteiger partial charge is 0.243 e. The van der Waals surface area contributed by atoms with Crippen LogP contribution < -0.4 is 10.6 Å². The van der Waals surface area contributed by atoms with Crippen molar-refractivity contribution in [2.75, 3.05) is 29.5 Å². The van der Waals surface area contributed by atoms with Crippen LogP contribution in [0.1, 0.15) is 12.8 Å². The summed E-state index contributed by atoms with van der Waals surface area (Å²) in [5.41, 5.74) is 0.973. The van der Waals surface area contributed by atoms with E-state index in [1.807, 2.05) is 0 Å². The summed E-state index contributed by atoms with van der Waals surface area (Å²) in [6, 6.07) is 12.3. The van der Waals surface area contributed by atoms with Crippen molar-refractivity contribution >= 4 is 55.5 Å². The largest absolute Gasteiger partial charge is 0.330 e. The molecule has 2 heterocycles. The first-order valence-corrected chi connectivity index (χ1v) is 13.0. The Morgan fingerprint density at radius 3 is 2.62 bits per heavy atom. The van der Waals surface area contributed by atoms with E-state index in [4.69, 9.17) is 0 Å². The number of benzene rings is 2. The van der Waals surface area contributed by atoms with E-state index in [9.17, 15) is 17.6 Å². The second kappa shape index (κ2) is 9.94. The van der Waals surface area contributed by atoms with Crippen molar-refractivity contribution in [3.8, 4) is 0 Å². The lowest BCUT2D eigenvalue weighted by atomic mass is 10.3. The van der Waals surface area contributed by atoms with Crippen LogP contribution in [0, 0.1) is 5.82 Å². The first kappa shape index (κ1) is 22.6. The van der Waals surface area contributed by atoms with E-state index >= 15 is 0 Å². The number of nitrogens with zero attached hydrogens (tertiary/aromatic N) is 3. The highest BCUT2D eigenvalue weighted by Gasteiger charge is 2.27. The number of hydrogen-bond donors (Lipinski definition) is 2. The molecule has 0 bridgehead atoms. The maximum Gasteiger partial charge on any atom is 0.243 e. The number of rotatable bonds is 8. The number of anilines is 3. The summed E-state index contributed by atoms with van der Waals surface area (Å²) >= 11 is 2.45. The Morgan fingerprint density at radius 1 is 1.09 bits per heavy atom. The maximum atomic E-state index is 13.3. The molecule has 12 heteroatoms. The van der Waals surface area contributed by atoms with Gasteiger partial charge in [0.25, 0.3) is 0 Å². The molecule has 1 aromatic heterocycles. The van der Waals surface area contributed by atoms with Gasteiger partial charge in [0.2, 0.25) is 21.1 Å². The Labute approximate surface area is 193 Å². The lowest BCUT2D eigenvalue weighted by Crippen LogP contribution is -2.28. The highest BCUT2D eigenvalue weighted by atomic mass is 32.2. The third-order valence-corrected chi connectivity index (χ3v) is 8.50. The molecule has 168 valence electrons. The van der Waals surface area contributed by atoms with Gasteiger partial charge in [0.05, 0.1) is 10.6 Å². The molecule has 0 saturated carbocycles. The zero-order valence-electron chi connectivity index (χ0n) is 16.8. The maximum absolute atomic E-state index is 13.3. The number of hydrogen-bond acceptors (Lipinski definition) is 8. The molecule has 0 atom stereocenters. The Bertz CT molecular complexity index is 1210. The van der Waals surface area contributed by atoms with Gasteiger partial charge in [-0.25, -0.2) is 12.8 Å². The van der Waals surface area contributed by atoms with Crippen molar-refractivity contribution < 1.29 is 17.6 Å². The van der Waals surface area contributed by atoms with Crippen LogP contribution in [0.3, 0.4) is 0 Å². The van der Waals surface area contributed by atoms with E-state index in [0.717, 1.165) is 12.8 Å². The molecule has 1 aliphatic rings. The number of amides is 1. The van der Waals surface area contributed by atoms with Crippen molar-refractivity contribution in [3.63, 3.8) is 0 Å². The molecule has 0 aliphatic carbocycles. The number of thioether (sulfide) groups is 1. The van der Waals surface area contributed by atoms with E-state index in [1.165, 1.54) is 51.7 Å². The molecule has 0 unspecified atom stereocenters. The molecule has 3 aromatic rings. The van der Waals surface area contributed by atoms with Crippen molar-refractivity contribution in [3.05, 3.63) is 54.3 Å². The fraction of sp³-hybridized carbons (Fsp3) is 0.250. The molecular weight excluding hydrogens is 473 g/mol. The van der Waals surface area contributed by atoms with Crippen molar-refractivity contribution in [1.82, 2.24) is 14.5 Å². The van der Waals surface area contributed by atoms with Crippen LogP contribution in [0.15, 0.2) is 57.8 Å². The lowest BCUT2D eigenvalue weighted by molar-refractivity contribution is -0.113. The molecule has 1 amide bonds. The number of sulfonamides is 1. The normalized spacial score (nSPS) is 14.4. The predicted molar refractivity (Wildman–Crippen MR) is 123 cm³/mol. The second-order valence-corrected chi connectivity index (χ2v) is 11.1. The molecule has 32 heavy (non-hydrogen) atoms. The van der Waals surface area contributed by atoms with Crippen LogP contribution in [0.25, 0.3) is 0 Å². The summed E-state index contributed by atoms with van der Waals surface area (Å²) in [5.74, 6) is -0.568. The van der Waals surface area contributed by atoms with Gasteiger partial charge in [-0.2, -0.15) is 4.31 Å². The standard InChI is InChI=1S/C20H20FN5O3S3/c21-14-5-3-6-15(11-14)23-19-24-25-20(31-19)30-13-18(27)22-16-7-4-8-17(12-16)32(28,29)26-9-1-2-10-26/h3-8,11-12H,1-2,9-10,13H2,(H,22,27)(H,23,24). The van der Waals surface area contributed by atoms with Gasteiger partial charge in [0.15, 0.2) is 4.34 Å². The van der Waals surface area contributed by atoms with Gasteiger partial charge in [-0.15, -0.1) is 10.2 Å². The average Bonchev–Trinajstić information content (AvgIpc) is 3.45. The third kappa shape index (κ3) is 5.63. The summed E-state index contributed by atoms with van der Waals surface area (Å²) in [7, 11) is -3.55. The van der Waals surface area contributed by atoms with Crippen LogP contribution in [-0.4, -0.2) is 47.7 Å². The van der Waals surface area contributed by atoms with Crippen molar-refractivity contribution in [2.45, 2.75) is 22.1 Å². The van der Waals surface area contributed by atoms with E-state index in [2.05, 4.69) is 20.8 Å². The van der Waals surface area contributed by atoms with Gasteiger partial charge in [0, 0.05) is 24.5 Å². The molecule has 8 nitrogen and oxygen atoms in total. The minimum Gasteiger partial charge on any atom is -0.330 e. The first-order chi connectivity index (χ1) is 15.4. The number of carbonyl (C=O) groups excluding carboxylic acids is 1. The molecule has 2 N–H and O–H groups in total. The van der Waals surface area contributed by atoms with E-state index < -0.39 is 10.0 Å². The molecule has 0 spiro atoms. The van der Waals surface area contributed by atoms with Gasteiger partial charge in [0.1, 0.15) is 5.82 Å². The monoisotopic (exact) mass is 493 g/mol. The molecule has 2 aromatic carbocycles. The fourth-order valence-electron chi connectivity index (χ4n) is 3.14. The van der Waals surface area contributed by atoms with E-state index in [0.29, 0.717) is 33.9 Å². The van der Waals surface area contributed by atoms with Crippen molar-refractivity contribution in [2.24, 2.45) is 0 Å². The minimum absolute atomic E-state index is 0.0811. The van der Waals surface area contributed by atoms with Gasteiger partial charge in [-0.05, 0) is 49.2 Å². The van der Waals surface area contributed by atoms with Crippen molar-refractivity contribution in [1.29, 1.82) is 0 Å². The van der Waals surface area contributed by atoms with E-state index in [-0.39, 0.29) is 22.4 Å². The summed E-state index contributed by atoms with van der Waals surface area (Å²) in [4.78, 5) is 12.5. The second-order valence-electron chi connectivity index (χ2n) is 6.98. The predicted octanol–water partition coefficient (Wildman–Crippen LogP) is 3.94. The topological polar surface area (TPSA) is 104 Å². The third-order valence-electron chi connectivity index (χ3n) is 4.63. The summed E-state index contributed by atoms with van der Waals surface area (Å²) in [5, 5.41) is 14.2. The fourth-order valence-corrected chi connectivity index (χ4v) is 6.28. The number of carbonyl (C=O) groups is 1. The lowest BCUT2D eigenvalue weighted by Gasteiger charge is -2.16. The number of halogens is 1. The zero-order chi connectivity index (χ0) is 22.6. The first-order valence-electron chi connectivity index (χ1n) is 9.79. The zero-order valence-corrected chi connectivity index (χ0v) is 19.3. The van der Waals surface area contributed by atoms with Gasteiger partial charge >= 0.3 is 0 Å². The number of aromatic nitrogens is 2. The molecule has 1 fully saturated rings. The number of nitrogens with one attached hydrogen (secondary N) is 2. The molecule has 1 saturated heterocycles. The minimum atomic E-state index is -3.55. The summed E-state index contributed by atoms with van der Waals surface area (Å²) in [6.07, 6.45) is 1.72. The summed E-state index contributed by atoms with van der Waals surface area (Å²) < 4.78 is 40.7. The highest BCUT2D eigenvalue weighted by Crippen LogP contribution is 2.28. The molecule has 4 rings (SSSR count). The van der Waals surface area contributed by atoms with Gasteiger partial charge in [-0.3, -0.25) is 4.79 Å². The molecule has 1 aliphatic heterocycles. The quantitative estimate of drug-likeness (QED) is 0.458. The van der Waals surface area contributed by atoms with Crippen LogP contribution >= 0.6 is 23.1 Å².